The molecule has 2 amide bonds. The van der Waals surface area contributed by atoms with Gasteiger partial charge in [0.2, 0.25) is 11.8 Å². The molecule has 0 radical (unpaired) electrons. The SMILES string of the molecule is C.COc1ccc(C[C@H](CC(=O)[C@H](C)CC(=O)Cc2cnc(C)s2)C(=O)N[C@@H](Cc2ccccc2)C(=O)[C@@]2(C)CO2)cc1.COc1ccc(C[C@H](CC(=O)[C@H](C)N)C(=O)N[C@@H](Cc2ccccc2)C(=O)[C@@]2(C)CO2)cc1.Cc1ncc(CC(=O)O)s1. The molecule has 5 N–H and O–H groups in total. The quantitative estimate of drug-likeness (QED) is 0.0308. The summed E-state index contributed by atoms with van der Waals surface area (Å²) in [5.74, 6) is -2.83. The normalized spacial score (nSPS) is 17.5. The van der Waals surface area contributed by atoms with Crippen LogP contribution in [-0.4, -0.2) is 119 Å². The van der Waals surface area contributed by atoms with Gasteiger partial charge in [0.15, 0.2) is 11.6 Å². The second-order valence-corrected chi connectivity index (χ2v) is 24.6. The van der Waals surface area contributed by atoms with E-state index in [9.17, 15) is 38.4 Å². The van der Waals surface area contributed by atoms with Crippen molar-refractivity contribution < 1.29 is 62.4 Å². The van der Waals surface area contributed by atoms with Gasteiger partial charge in [0, 0.05) is 65.6 Å². The number of ether oxygens (including phenoxy) is 4. The smallest absolute Gasteiger partial charge is 0.308 e. The average Bonchev–Trinajstić information content (AvgIpc) is 4.33. The molecule has 4 aromatic carbocycles. The van der Waals surface area contributed by atoms with Gasteiger partial charge in [0.1, 0.15) is 40.1 Å². The number of carbonyl (C=O) groups is 8. The van der Waals surface area contributed by atoms with Crippen LogP contribution in [0.4, 0.5) is 0 Å². The number of benzene rings is 4. The number of nitrogens with two attached hydrogens (primary N) is 1. The average molecular weight is 1220 g/mol. The molecule has 0 spiro atoms. The van der Waals surface area contributed by atoms with E-state index in [1.54, 1.807) is 54.3 Å². The van der Waals surface area contributed by atoms with Crippen LogP contribution in [0.15, 0.2) is 122 Å². The summed E-state index contributed by atoms with van der Waals surface area (Å²) in [5.41, 5.74) is 7.55. The lowest BCUT2D eigenvalue weighted by atomic mass is 9.87. The molecule has 4 heterocycles. The summed E-state index contributed by atoms with van der Waals surface area (Å²) in [5, 5.41) is 16.0. The van der Waals surface area contributed by atoms with Crippen LogP contribution in [0.5, 0.6) is 11.5 Å². The van der Waals surface area contributed by atoms with Crippen molar-refractivity contribution in [3.8, 4) is 11.5 Å². The van der Waals surface area contributed by atoms with Crippen LogP contribution in [0.2, 0.25) is 0 Å². The molecule has 0 saturated carbocycles. The number of aliphatic carboxylic acids is 1. The number of aryl methyl sites for hydroxylation is 2. The number of nitrogens with zero attached hydrogens (tertiary/aromatic N) is 2. The molecule has 0 unspecified atom stereocenters. The van der Waals surface area contributed by atoms with E-state index in [0.29, 0.717) is 50.4 Å². The lowest BCUT2D eigenvalue weighted by Gasteiger charge is -2.24. The lowest BCUT2D eigenvalue weighted by molar-refractivity contribution is -0.136. The number of hydrogen-bond acceptors (Lipinski definition) is 17. The number of methoxy groups -OCH3 is 2. The molecule has 0 bridgehead atoms. The number of aromatic nitrogens is 2. The molecule has 2 saturated heterocycles. The first-order valence-electron chi connectivity index (χ1n) is 28.1. The molecule has 8 rings (SSSR count). The Morgan fingerprint density at radius 2 is 0.953 bits per heavy atom. The number of carboxylic acids is 1. The molecule has 2 aliphatic heterocycles. The van der Waals surface area contributed by atoms with Crippen LogP contribution in [-0.2, 0) is 86.4 Å². The van der Waals surface area contributed by atoms with Crippen molar-refractivity contribution in [3.05, 3.63) is 164 Å². The molecule has 20 heteroatoms. The molecule has 18 nitrogen and oxygen atoms in total. The van der Waals surface area contributed by atoms with Crippen molar-refractivity contribution >= 4 is 69.4 Å². The van der Waals surface area contributed by atoms with Crippen LogP contribution in [0.3, 0.4) is 0 Å². The van der Waals surface area contributed by atoms with Crippen LogP contribution in [0, 0.1) is 31.6 Å². The van der Waals surface area contributed by atoms with Crippen LogP contribution in [0.25, 0.3) is 0 Å². The van der Waals surface area contributed by atoms with E-state index in [4.69, 9.17) is 29.8 Å². The topological polar surface area (TPSA) is 276 Å². The fraction of sp³-hybridized carbons (Fsp3) is 0.424. The van der Waals surface area contributed by atoms with Crippen molar-refractivity contribution in [1.29, 1.82) is 0 Å². The first kappa shape index (κ1) is 69.2. The number of thiazole rings is 2. The summed E-state index contributed by atoms with van der Waals surface area (Å²) in [6, 6.07) is 31.4. The first-order chi connectivity index (χ1) is 40.5. The minimum Gasteiger partial charge on any atom is -0.497 e. The van der Waals surface area contributed by atoms with Gasteiger partial charge in [-0.15, -0.1) is 22.7 Å². The maximum atomic E-state index is 13.8. The number of carbonyl (C=O) groups excluding carboxylic acids is 7. The van der Waals surface area contributed by atoms with Gasteiger partial charge in [-0.2, -0.15) is 0 Å². The third-order valence-corrected chi connectivity index (χ3v) is 16.4. The third-order valence-electron chi connectivity index (χ3n) is 14.6. The van der Waals surface area contributed by atoms with Gasteiger partial charge in [0.25, 0.3) is 0 Å². The van der Waals surface area contributed by atoms with Gasteiger partial charge in [-0.05, 0) is 107 Å². The number of Topliss-reactive ketones (excluding diaryl/α,β-unsaturated/α-hetero) is 5. The van der Waals surface area contributed by atoms with E-state index < -0.39 is 53.1 Å². The summed E-state index contributed by atoms with van der Waals surface area (Å²) in [6.45, 7) is 11.2. The van der Waals surface area contributed by atoms with Gasteiger partial charge < -0.3 is 40.4 Å². The van der Waals surface area contributed by atoms with E-state index in [2.05, 4.69) is 20.6 Å². The Bertz CT molecular complexity index is 3210. The van der Waals surface area contributed by atoms with E-state index in [0.717, 1.165) is 42.0 Å². The summed E-state index contributed by atoms with van der Waals surface area (Å²) in [4.78, 5) is 112. The molecule has 6 aromatic rings. The van der Waals surface area contributed by atoms with Crippen molar-refractivity contribution in [1.82, 2.24) is 20.6 Å². The number of epoxide rings is 2. The highest BCUT2D eigenvalue weighted by molar-refractivity contribution is 7.11. The highest BCUT2D eigenvalue weighted by atomic mass is 32.1. The number of nitrogens with one attached hydrogen (secondary N) is 2. The molecule has 2 aromatic heterocycles. The third kappa shape index (κ3) is 22.0. The Balaban J connectivity index is 0.000000272. The highest BCUT2D eigenvalue weighted by Crippen LogP contribution is 2.31. The maximum Gasteiger partial charge on any atom is 0.308 e. The van der Waals surface area contributed by atoms with Gasteiger partial charge in [-0.25, -0.2) is 9.97 Å². The Morgan fingerprint density at radius 3 is 1.29 bits per heavy atom. The molecular formula is C66H81N5O13S2. The minimum absolute atomic E-state index is 0. The van der Waals surface area contributed by atoms with Crippen LogP contribution in [0.1, 0.15) is 96.4 Å². The Hall–Kier alpha value is -7.62. The van der Waals surface area contributed by atoms with Crippen molar-refractivity contribution in [2.75, 3.05) is 27.4 Å². The maximum absolute atomic E-state index is 13.8. The standard InChI is InChI=1S/C33H38N2O6S.C26H32N2O5.C6H7NO2S.CH4/c1-21(14-26(36)18-28-19-34-22(2)42-28)30(37)17-25(15-24-10-12-27(40-4)13-11-24)32(39)35-29(31(38)33(3)20-41-33)16-23-8-6-5-7-9-23;1-17(27)23(29)15-20(13-19-9-11-21(32-3)12-10-19)25(31)28-22(24(30)26(2)16-33-26)14-18-7-5-4-6-8-18;1-4-7-3-5(10-4)2-6(8)9;/h5-13,19,21,25,29H,14-18,20H2,1-4H3,(H,35,39);4-12,17,20,22H,13-16,27H2,1-3H3,(H,28,31);3H,2H2,1H3,(H,8,9);1H4/t21-,25-,29+,33-;17-,20+,22-,26+;;/m10../s1. The molecule has 460 valence electrons. The molecule has 2 fully saturated rings. The van der Waals surface area contributed by atoms with E-state index in [-0.39, 0.29) is 80.3 Å². The number of rotatable bonds is 30. The largest absolute Gasteiger partial charge is 0.497 e. The van der Waals surface area contributed by atoms with Gasteiger partial charge in [-0.1, -0.05) is 99.3 Å². The zero-order valence-electron chi connectivity index (χ0n) is 49.4. The minimum atomic E-state index is -0.917. The number of carboxylic acid groups (broad SMARTS) is 1. The van der Waals surface area contributed by atoms with Crippen molar-refractivity contribution in [2.24, 2.45) is 23.5 Å². The van der Waals surface area contributed by atoms with Crippen molar-refractivity contribution in [3.63, 3.8) is 0 Å². The fourth-order valence-corrected chi connectivity index (χ4v) is 10.9. The molecule has 0 aliphatic carbocycles. The van der Waals surface area contributed by atoms with Crippen molar-refractivity contribution in [2.45, 2.75) is 136 Å². The second-order valence-electron chi connectivity index (χ2n) is 22.0. The Morgan fingerprint density at radius 1 is 0.581 bits per heavy atom. The number of hydrogen-bond donors (Lipinski definition) is 4. The predicted octanol–water partition coefficient (Wildman–Crippen LogP) is 8.46. The molecule has 2 aliphatic rings. The van der Waals surface area contributed by atoms with Gasteiger partial charge >= 0.3 is 5.97 Å². The molecular weight excluding hydrogens is 1130 g/mol. The molecule has 8 atom stereocenters. The lowest BCUT2D eigenvalue weighted by Crippen LogP contribution is -2.50. The fourth-order valence-electron chi connectivity index (χ4n) is 9.26. The van der Waals surface area contributed by atoms with Crippen LogP contribution < -0.4 is 25.8 Å². The summed E-state index contributed by atoms with van der Waals surface area (Å²) < 4.78 is 21.2. The summed E-state index contributed by atoms with van der Waals surface area (Å²) in [7, 11) is 3.16. The zero-order chi connectivity index (χ0) is 61.8. The van der Waals surface area contributed by atoms with E-state index in [1.165, 1.54) is 22.7 Å². The Kier molecular flexibility index (Phi) is 26.3. The number of amides is 2. The van der Waals surface area contributed by atoms with E-state index >= 15 is 0 Å². The van der Waals surface area contributed by atoms with E-state index in [1.807, 2.05) is 123 Å². The zero-order valence-corrected chi connectivity index (χ0v) is 51.1. The van der Waals surface area contributed by atoms with Crippen LogP contribution >= 0.6 is 22.7 Å². The van der Waals surface area contributed by atoms with Gasteiger partial charge in [-0.3, -0.25) is 38.4 Å². The van der Waals surface area contributed by atoms with Gasteiger partial charge in [0.05, 0.1) is 62.0 Å². The Labute approximate surface area is 512 Å². The number of ketones is 5. The monoisotopic (exact) mass is 1220 g/mol. The predicted molar refractivity (Wildman–Crippen MR) is 330 cm³/mol. The first-order valence-corrected chi connectivity index (χ1v) is 29.8. The highest BCUT2D eigenvalue weighted by Gasteiger charge is 2.51. The second kappa shape index (κ2) is 32.8. The summed E-state index contributed by atoms with van der Waals surface area (Å²) in [6.07, 6.45) is 4.97. The summed E-state index contributed by atoms with van der Waals surface area (Å²) >= 11 is 2.89. The molecule has 86 heavy (non-hydrogen) atoms.